The fourth-order valence-electron chi connectivity index (χ4n) is 7.57. The minimum Gasteiger partial charge on any atom is -0.390 e. The second-order valence-corrected chi connectivity index (χ2v) is 14.1. The summed E-state index contributed by atoms with van der Waals surface area (Å²) >= 11 is 13.1. The van der Waals surface area contributed by atoms with Gasteiger partial charge >= 0.3 is 0 Å². The van der Waals surface area contributed by atoms with E-state index in [0.29, 0.717) is 17.8 Å². The number of aliphatic hydroxyl groups excluding tert-OH is 1. The van der Waals surface area contributed by atoms with Crippen molar-refractivity contribution in [3.8, 4) is 0 Å². The number of rotatable bonds is 15. The normalized spacial score (nSPS) is 29.8. The molecule has 6 heteroatoms. The molecule has 0 aromatic carbocycles. The fourth-order valence-corrected chi connectivity index (χ4v) is 8.16. The fraction of sp³-hybridized carbons (Fsp3) is 1.00. The van der Waals surface area contributed by atoms with Crippen LogP contribution < -0.4 is 5.32 Å². The van der Waals surface area contributed by atoms with Gasteiger partial charge in [0.15, 0.2) is 0 Å². The SMILES string of the molecule is CCC(O)(CCNCCC(CC(O)N(C)CCC1CCCCC1)C1CCC(Cl)C(Cl)C1)C1CCCCC1. The van der Waals surface area contributed by atoms with Crippen molar-refractivity contribution in [2.75, 3.05) is 26.7 Å². The van der Waals surface area contributed by atoms with Crippen LogP contribution in [0.5, 0.6) is 0 Å². The molecular formula is C31H58Cl2N2O2. The van der Waals surface area contributed by atoms with Crippen LogP contribution in [0.25, 0.3) is 0 Å². The summed E-state index contributed by atoms with van der Waals surface area (Å²) in [5.74, 6) is 2.27. The Kier molecular flexibility index (Phi) is 14.4. The number of hydrogen-bond acceptors (Lipinski definition) is 4. The lowest BCUT2D eigenvalue weighted by molar-refractivity contribution is -0.0428. The number of nitrogens with one attached hydrogen (secondary N) is 1. The molecule has 0 aromatic rings. The van der Waals surface area contributed by atoms with Gasteiger partial charge in [-0.2, -0.15) is 0 Å². The Labute approximate surface area is 238 Å². The molecule has 0 bridgehead atoms. The Balaban J connectivity index is 1.46. The van der Waals surface area contributed by atoms with Crippen molar-refractivity contribution < 1.29 is 10.2 Å². The van der Waals surface area contributed by atoms with Crippen LogP contribution in [-0.4, -0.2) is 64.4 Å². The molecule has 0 aromatic heterocycles. The highest BCUT2D eigenvalue weighted by molar-refractivity contribution is 6.30. The van der Waals surface area contributed by atoms with Gasteiger partial charge in [-0.05, 0) is 108 Å². The first kappa shape index (κ1) is 31.9. The van der Waals surface area contributed by atoms with E-state index in [9.17, 15) is 10.2 Å². The molecule has 0 heterocycles. The van der Waals surface area contributed by atoms with Crippen LogP contribution >= 0.6 is 23.2 Å². The summed E-state index contributed by atoms with van der Waals surface area (Å²) in [4.78, 5) is 2.19. The van der Waals surface area contributed by atoms with E-state index in [0.717, 1.165) is 70.5 Å². The van der Waals surface area contributed by atoms with Gasteiger partial charge < -0.3 is 15.5 Å². The average molecular weight is 562 g/mol. The summed E-state index contributed by atoms with van der Waals surface area (Å²) in [6, 6.07) is 0. The summed E-state index contributed by atoms with van der Waals surface area (Å²) in [7, 11) is 2.10. The Morgan fingerprint density at radius 2 is 1.59 bits per heavy atom. The number of hydrogen-bond donors (Lipinski definition) is 3. The predicted octanol–water partition coefficient (Wildman–Crippen LogP) is 7.32. The molecular weight excluding hydrogens is 503 g/mol. The lowest BCUT2D eigenvalue weighted by Gasteiger charge is -2.38. The van der Waals surface area contributed by atoms with E-state index in [1.807, 2.05) is 0 Å². The first-order chi connectivity index (χ1) is 17.8. The molecule has 6 unspecified atom stereocenters. The van der Waals surface area contributed by atoms with Crippen LogP contribution in [0, 0.1) is 23.7 Å². The monoisotopic (exact) mass is 560 g/mol. The number of halogens is 2. The van der Waals surface area contributed by atoms with Gasteiger partial charge in [0.25, 0.3) is 0 Å². The lowest BCUT2D eigenvalue weighted by atomic mass is 9.74. The predicted molar refractivity (Wildman–Crippen MR) is 158 cm³/mol. The molecule has 0 radical (unpaired) electrons. The second kappa shape index (κ2) is 16.6. The van der Waals surface area contributed by atoms with Crippen molar-refractivity contribution in [2.24, 2.45) is 23.7 Å². The molecule has 6 atom stereocenters. The van der Waals surface area contributed by atoms with E-state index in [1.54, 1.807) is 0 Å². The van der Waals surface area contributed by atoms with E-state index >= 15 is 0 Å². The zero-order valence-electron chi connectivity index (χ0n) is 24.0. The third kappa shape index (κ3) is 10.4. The van der Waals surface area contributed by atoms with Crippen molar-refractivity contribution in [2.45, 2.75) is 145 Å². The van der Waals surface area contributed by atoms with E-state index in [-0.39, 0.29) is 10.8 Å². The second-order valence-electron chi connectivity index (χ2n) is 12.9. The van der Waals surface area contributed by atoms with Gasteiger partial charge in [0.2, 0.25) is 0 Å². The molecule has 3 N–H and O–H groups in total. The van der Waals surface area contributed by atoms with Gasteiger partial charge in [0.05, 0.1) is 11.0 Å². The molecule has 3 aliphatic rings. The summed E-state index contributed by atoms with van der Waals surface area (Å²) in [6.45, 7) is 4.93. The van der Waals surface area contributed by atoms with Gasteiger partial charge in [-0.25, -0.2) is 0 Å². The van der Waals surface area contributed by atoms with E-state index < -0.39 is 11.8 Å². The van der Waals surface area contributed by atoms with Crippen LogP contribution in [0.2, 0.25) is 0 Å². The third-order valence-corrected chi connectivity index (χ3v) is 11.6. The first-order valence-corrected chi connectivity index (χ1v) is 16.8. The van der Waals surface area contributed by atoms with Crippen molar-refractivity contribution in [3.63, 3.8) is 0 Å². The topological polar surface area (TPSA) is 55.7 Å². The van der Waals surface area contributed by atoms with Crippen molar-refractivity contribution >= 4 is 23.2 Å². The zero-order valence-corrected chi connectivity index (χ0v) is 25.5. The van der Waals surface area contributed by atoms with Gasteiger partial charge in [0.1, 0.15) is 6.23 Å². The van der Waals surface area contributed by atoms with Gasteiger partial charge in [-0.1, -0.05) is 58.3 Å². The molecule has 0 saturated heterocycles. The van der Waals surface area contributed by atoms with E-state index in [1.165, 1.54) is 70.6 Å². The Hall–Kier alpha value is 0.420. The largest absolute Gasteiger partial charge is 0.390 e. The lowest BCUT2D eigenvalue weighted by Crippen LogP contribution is -2.41. The molecule has 3 rings (SSSR count). The summed E-state index contributed by atoms with van der Waals surface area (Å²) in [5.41, 5.74) is -0.519. The van der Waals surface area contributed by atoms with Crippen LogP contribution in [0.1, 0.15) is 122 Å². The third-order valence-electron chi connectivity index (χ3n) is 10.4. The number of nitrogens with zero attached hydrogens (tertiary/aromatic N) is 1. The Morgan fingerprint density at radius 1 is 0.919 bits per heavy atom. The van der Waals surface area contributed by atoms with Crippen LogP contribution in [-0.2, 0) is 0 Å². The van der Waals surface area contributed by atoms with Crippen LogP contribution in [0.3, 0.4) is 0 Å². The summed E-state index contributed by atoms with van der Waals surface area (Å²) < 4.78 is 0. The molecule has 4 nitrogen and oxygen atoms in total. The maximum Gasteiger partial charge on any atom is 0.107 e. The molecule has 3 aliphatic carbocycles. The Morgan fingerprint density at radius 3 is 2.24 bits per heavy atom. The van der Waals surface area contributed by atoms with Crippen LogP contribution in [0.15, 0.2) is 0 Å². The average Bonchev–Trinajstić information content (AvgIpc) is 2.93. The molecule has 37 heavy (non-hydrogen) atoms. The van der Waals surface area contributed by atoms with Gasteiger partial charge in [0, 0.05) is 11.9 Å². The van der Waals surface area contributed by atoms with E-state index in [2.05, 4.69) is 24.2 Å². The first-order valence-electron chi connectivity index (χ1n) is 15.9. The smallest absolute Gasteiger partial charge is 0.107 e. The molecule has 218 valence electrons. The molecule has 0 amide bonds. The molecule has 0 aliphatic heterocycles. The van der Waals surface area contributed by atoms with Crippen molar-refractivity contribution in [3.05, 3.63) is 0 Å². The summed E-state index contributed by atoms with van der Waals surface area (Å²) in [6.07, 6.45) is 20.5. The number of aliphatic hydroxyl groups is 2. The number of alkyl halides is 2. The highest BCUT2D eigenvalue weighted by Crippen LogP contribution is 2.39. The van der Waals surface area contributed by atoms with Crippen LogP contribution in [0.4, 0.5) is 0 Å². The molecule has 3 saturated carbocycles. The Bertz CT molecular complexity index is 614. The van der Waals surface area contributed by atoms with Gasteiger partial charge in [-0.3, -0.25) is 4.90 Å². The van der Waals surface area contributed by atoms with Crippen molar-refractivity contribution in [1.29, 1.82) is 0 Å². The highest BCUT2D eigenvalue weighted by atomic mass is 35.5. The minimum absolute atomic E-state index is 0.0344. The minimum atomic E-state index is -0.519. The quantitative estimate of drug-likeness (QED) is 0.111. The van der Waals surface area contributed by atoms with Gasteiger partial charge in [-0.15, -0.1) is 23.2 Å². The highest BCUT2D eigenvalue weighted by Gasteiger charge is 2.36. The zero-order chi connectivity index (χ0) is 26.7. The molecule has 0 spiro atoms. The van der Waals surface area contributed by atoms with Crippen molar-refractivity contribution in [1.82, 2.24) is 10.2 Å². The summed E-state index contributed by atoms with van der Waals surface area (Å²) in [5, 5.41) is 26.3. The van der Waals surface area contributed by atoms with E-state index in [4.69, 9.17) is 23.2 Å². The standard InChI is InChI=1S/C31H58Cl2N2O2/c1-3-31(37,27-12-8-5-9-13-27)18-20-34-19-16-26(25-14-15-28(32)29(33)22-25)23-30(36)35(2)21-17-24-10-6-4-7-11-24/h24-30,34,36-37H,3-23H2,1-2H3. The molecule has 3 fully saturated rings. The maximum atomic E-state index is 11.3. The maximum absolute atomic E-state index is 11.3.